The van der Waals surface area contributed by atoms with Crippen LogP contribution in [0.1, 0.15) is 41.3 Å². The summed E-state index contributed by atoms with van der Waals surface area (Å²) in [6.07, 6.45) is 1.70. The number of carbonyl (C=O) groups is 1. The van der Waals surface area contributed by atoms with Gasteiger partial charge in [-0.2, -0.15) is 0 Å². The Hall–Kier alpha value is -1.39. The van der Waals surface area contributed by atoms with Crippen LogP contribution in [0.4, 0.5) is 0 Å². The predicted octanol–water partition coefficient (Wildman–Crippen LogP) is 1.70. The Kier molecular flexibility index (Phi) is 3.07. The van der Waals surface area contributed by atoms with E-state index in [1.807, 2.05) is 25.1 Å². The highest BCUT2D eigenvalue weighted by molar-refractivity contribution is 5.95. The van der Waals surface area contributed by atoms with Crippen LogP contribution >= 0.6 is 0 Å². The van der Waals surface area contributed by atoms with Crippen LogP contribution in [-0.2, 0) is 18.0 Å². The van der Waals surface area contributed by atoms with E-state index in [2.05, 4.69) is 0 Å². The molecule has 2 aliphatic heterocycles. The van der Waals surface area contributed by atoms with Crippen LogP contribution in [0.15, 0.2) is 18.2 Å². The van der Waals surface area contributed by atoms with Crippen molar-refractivity contribution in [3.8, 4) is 0 Å². The van der Waals surface area contributed by atoms with Gasteiger partial charge >= 0.3 is 0 Å². The first-order valence-electron chi connectivity index (χ1n) is 6.82. The average Bonchev–Trinajstić information content (AvgIpc) is 2.82. The van der Waals surface area contributed by atoms with Crippen molar-refractivity contribution >= 4 is 5.91 Å². The van der Waals surface area contributed by atoms with Gasteiger partial charge in [0.25, 0.3) is 5.91 Å². The molecular formula is C15H19NO3. The van der Waals surface area contributed by atoms with E-state index in [0.717, 1.165) is 18.4 Å². The number of nitrogens with zero attached hydrogens (tertiary/aromatic N) is 1. The van der Waals surface area contributed by atoms with Crippen LogP contribution < -0.4 is 0 Å². The molecule has 0 aromatic heterocycles. The van der Waals surface area contributed by atoms with Crippen LogP contribution in [0, 0.1) is 0 Å². The van der Waals surface area contributed by atoms with Gasteiger partial charge in [0.15, 0.2) is 0 Å². The Bertz CT molecular complexity index is 506. The van der Waals surface area contributed by atoms with Gasteiger partial charge in [-0.05, 0) is 29.7 Å². The lowest BCUT2D eigenvalue weighted by Gasteiger charge is -2.46. The molecule has 2 heterocycles. The molecule has 0 bridgehead atoms. The van der Waals surface area contributed by atoms with Crippen LogP contribution in [0.25, 0.3) is 0 Å². The van der Waals surface area contributed by atoms with Gasteiger partial charge < -0.3 is 14.7 Å². The summed E-state index contributed by atoms with van der Waals surface area (Å²) in [6, 6.07) is 5.74. The quantitative estimate of drug-likeness (QED) is 0.901. The maximum Gasteiger partial charge on any atom is 0.254 e. The van der Waals surface area contributed by atoms with Crippen molar-refractivity contribution in [3.63, 3.8) is 0 Å². The van der Waals surface area contributed by atoms with Gasteiger partial charge in [-0.1, -0.05) is 19.4 Å². The first-order chi connectivity index (χ1) is 9.11. The molecule has 1 N–H and O–H groups in total. The third-order valence-electron chi connectivity index (χ3n) is 3.94. The molecule has 102 valence electrons. The molecule has 0 spiro atoms. The van der Waals surface area contributed by atoms with E-state index in [-0.39, 0.29) is 5.91 Å². The highest BCUT2D eigenvalue weighted by Gasteiger charge is 2.42. The fourth-order valence-electron chi connectivity index (χ4n) is 2.92. The minimum absolute atomic E-state index is 0.00970. The van der Waals surface area contributed by atoms with Crippen molar-refractivity contribution in [1.82, 2.24) is 4.90 Å². The number of hydrogen-bond donors (Lipinski definition) is 1. The number of β-amino-alcohol motifs (C(OH)–C–C–N with tert-alkyl or cyclic N) is 1. The molecule has 19 heavy (non-hydrogen) atoms. The summed E-state index contributed by atoms with van der Waals surface area (Å²) in [5, 5.41) is 10.1. The maximum atomic E-state index is 12.3. The molecule has 4 heteroatoms. The standard InChI is InChI=1S/C15H19NO3/c1-2-5-15(18)9-16(10-15)14(17)11-3-4-12-7-19-8-13(12)6-11/h3-4,6,18H,2,5,7-10H2,1H3. The largest absolute Gasteiger partial charge is 0.386 e. The molecule has 1 fully saturated rings. The molecule has 0 unspecified atom stereocenters. The molecule has 0 atom stereocenters. The summed E-state index contributed by atoms with van der Waals surface area (Å²) in [5.41, 5.74) is 2.31. The zero-order chi connectivity index (χ0) is 13.5. The van der Waals surface area contributed by atoms with Gasteiger partial charge in [0, 0.05) is 5.56 Å². The Morgan fingerprint density at radius 2 is 2.11 bits per heavy atom. The summed E-state index contributed by atoms with van der Waals surface area (Å²) in [4.78, 5) is 14.0. The number of carbonyl (C=O) groups excluding carboxylic acids is 1. The van der Waals surface area contributed by atoms with Crippen molar-refractivity contribution in [2.45, 2.75) is 38.6 Å². The van der Waals surface area contributed by atoms with Crippen LogP contribution in [0.2, 0.25) is 0 Å². The minimum Gasteiger partial charge on any atom is -0.386 e. The van der Waals surface area contributed by atoms with Gasteiger partial charge in [-0.3, -0.25) is 4.79 Å². The fraction of sp³-hybridized carbons (Fsp3) is 0.533. The topological polar surface area (TPSA) is 49.8 Å². The zero-order valence-electron chi connectivity index (χ0n) is 11.2. The number of ether oxygens (including phenoxy) is 1. The summed E-state index contributed by atoms with van der Waals surface area (Å²) in [5.74, 6) is 0.00970. The van der Waals surface area contributed by atoms with Crippen LogP contribution in [0.3, 0.4) is 0 Å². The van der Waals surface area contributed by atoms with E-state index in [4.69, 9.17) is 4.74 Å². The number of fused-ring (bicyclic) bond motifs is 1. The van der Waals surface area contributed by atoms with Gasteiger partial charge in [0.05, 0.1) is 31.9 Å². The van der Waals surface area contributed by atoms with Crippen molar-refractivity contribution in [2.24, 2.45) is 0 Å². The smallest absolute Gasteiger partial charge is 0.254 e. The molecule has 1 saturated heterocycles. The van der Waals surface area contributed by atoms with E-state index < -0.39 is 5.60 Å². The van der Waals surface area contributed by atoms with E-state index in [1.54, 1.807) is 4.90 Å². The first-order valence-corrected chi connectivity index (χ1v) is 6.82. The second-order valence-electron chi connectivity index (χ2n) is 5.61. The summed E-state index contributed by atoms with van der Waals surface area (Å²) in [7, 11) is 0. The molecular weight excluding hydrogens is 242 g/mol. The number of amides is 1. The lowest BCUT2D eigenvalue weighted by Crippen LogP contribution is -2.63. The second-order valence-corrected chi connectivity index (χ2v) is 5.61. The van der Waals surface area contributed by atoms with E-state index in [9.17, 15) is 9.90 Å². The Labute approximate surface area is 113 Å². The van der Waals surface area contributed by atoms with Crippen molar-refractivity contribution < 1.29 is 14.6 Å². The van der Waals surface area contributed by atoms with E-state index >= 15 is 0 Å². The molecule has 2 aliphatic rings. The zero-order valence-corrected chi connectivity index (χ0v) is 11.2. The number of benzene rings is 1. The molecule has 1 aromatic rings. The van der Waals surface area contributed by atoms with Crippen LogP contribution in [0.5, 0.6) is 0 Å². The molecule has 1 amide bonds. The molecule has 0 saturated carbocycles. The van der Waals surface area contributed by atoms with Crippen molar-refractivity contribution in [1.29, 1.82) is 0 Å². The highest BCUT2D eigenvalue weighted by Crippen LogP contribution is 2.28. The molecule has 0 aliphatic carbocycles. The summed E-state index contributed by atoms with van der Waals surface area (Å²) < 4.78 is 5.35. The normalized spacial score (nSPS) is 20.0. The third kappa shape index (κ3) is 2.26. The summed E-state index contributed by atoms with van der Waals surface area (Å²) >= 11 is 0. The van der Waals surface area contributed by atoms with Crippen molar-refractivity contribution in [2.75, 3.05) is 13.1 Å². The minimum atomic E-state index is -0.662. The predicted molar refractivity (Wildman–Crippen MR) is 70.7 cm³/mol. The number of rotatable bonds is 3. The maximum absolute atomic E-state index is 12.3. The Morgan fingerprint density at radius 3 is 2.84 bits per heavy atom. The average molecular weight is 261 g/mol. The molecule has 0 radical (unpaired) electrons. The second kappa shape index (κ2) is 4.62. The van der Waals surface area contributed by atoms with Gasteiger partial charge in [-0.15, -0.1) is 0 Å². The highest BCUT2D eigenvalue weighted by atomic mass is 16.5. The number of aliphatic hydroxyl groups is 1. The fourth-order valence-corrected chi connectivity index (χ4v) is 2.92. The van der Waals surface area contributed by atoms with E-state index in [1.165, 1.54) is 5.56 Å². The Balaban J connectivity index is 1.69. The van der Waals surface area contributed by atoms with Gasteiger partial charge in [0.1, 0.15) is 0 Å². The SMILES string of the molecule is CCCC1(O)CN(C(=O)c2ccc3c(c2)COC3)C1. The monoisotopic (exact) mass is 261 g/mol. The molecule has 4 nitrogen and oxygen atoms in total. The lowest BCUT2D eigenvalue weighted by atomic mass is 9.88. The molecule has 1 aromatic carbocycles. The number of hydrogen-bond acceptors (Lipinski definition) is 3. The first kappa shape index (κ1) is 12.6. The Morgan fingerprint density at radius 1 is 1.37 bits per heavy atom. The lowest BCUT2D eigenvalue weighted by molar-refractivity contribution is -0.0860. The van der Waals surface area contributed by atoms with E-state index in [0.29, 0.717) is 31.9 Å². The van der Waals surface area contributed by atoms with Crippen molar-refractivity contribution in [3.05, 3.63) is 34.9 Å². The summed E-state index contributed by atoms with van der Waals surface area (Å²) in [6.45, 7) is 4.18. The third-order valence-corrected chi connectivity index (χ3v) is 3.94. The number of likely N-dealkylation sites (tertiary alicyclic amines) is 1. The van der Waals surface area contributed by atoms with Crippen LogP contribution in [-0.4, -0.2) is 34.6 Å². The molecule has 3 rings (SSSR count). The van der Waals surface area contributed by atoms with Gasteiger partial charge in [0.2, 0.25) is 0 Å². The van der Waals surface area contributed by atoms with Gasteiger partial charge in [-0.25, -0.2) is 0 Å².